The van der Waals surface area contributed by atoms with Crippen LogP contribution in [0.1, 0.15) is 0 Å². The molecule has 6 heteroatoms. The zero-order chi connectivity index (χ0) is 10.7. The van der Waals surface area contributed by atoms with Crippen molar-refractivity contribution in [2.75, 3.05) is 32.7 Å². The second kappa shape index (κ2) is 4.83. The highest BCUT2D eigenvalue weighted by Gasteiger charge is 2.10. The van der Waals surface area contributed by atoms with Crippen LogP contribution in [-0.4, -0.2) is 47.2 Å². The van der Waals surface area contributed by atoms with E-state index in [9.17, 15) is 4.79 Å². The van der Waals surface area contributed by atoms with Crippen molar-refractivity contribution in [3.8, 4) is 0 Å². The fraction of sp³-hybridized carbons (Fsp3) is 0.667. The number of nitrogens with zero attached hydrogens (tertiary/aromatic N) is 2. The molecule has 1 aliphatic heterocycles. The first-order valence-electron chi connectivity index (χ1n) is 5.14. The molecule has 0 unspecified atom stereocenters. The first-order valence-corrected chi connectivity index (χ1v) is 5.52. The average molecular weight is 231 g/mol. The van der Waals surface area contributed by atoms with Crippen molar-refractivity contribution in [2.24, 2.45) is 0 Å². The van der Waals surface area contributed by atoms with E-state index in [1.165, 1.54) is 6.20 Å². The van der Waals surface area contributed by atoms with Crippen molar-refractivity contribution >= 4 is 11.6 Å². The highest BCUT2D eigenvalue weighted by molar-refractivity contribution is 6.29. The van der Waals surface area contributed by atoms with E-state index >= 15 is 0 Å². The van der Waals surface area contributed by atoms with Crippen LogP contribution in [0.15, 0.2) is 11.0 Å². The summed E-state index contributed by atoms with van der Waals surface area (Å²) in [5.41, 5.74) is -0.130. The lowest BCUT2D eigenvalue weighted by Crippen LogP contribution is -2.45. The maximum atomic E-state index is 11.3. The molecule has 15 heavy (non-hydrogen) atoms. The van der Waals surface area contributed by atoms with Crippen LogP contribution in [0.4, 0.5) is 0 Å². The lowest BCUT2D eigenvalue weighted by molar-refractivity contribution is 0.232. The maximum absolute atomic E-state index is 11.3. The van der Waals surface area contributed by atoms with Gasteiger partial charge in [-0.25, -0.2) is 4.79 Å². The number of hydrogen-bond donors (Lipinski definition) is 2. The Hall–Kier alpha value is -0.780. The zero-order valence-corrected chi connectivity index (χ0v) is 9.26. The van der Waals surface area contributed by atoms with Crippen LogP contribution in [0.25, 0.3) is 0 Å². The van der Waals surface area contributed by atoms with Gasteiger partial charge in [-0.05, 0) is 0 Å². The van der Waals surface area contributed by atoms with Gasteiger partial charge >= 0.3 is 5.69 Å². The van der Waals surface area contributed by atoms with Crippen LogP contribution in [0.5, 0.6) is 0 Å². The van der Waals surface area contributed by atoms with Crippen LogP contribution < -0.4 is 11.0 Å². The highest BCUT2D eigenvalue weighted by Crippen LogP contribution is 2.03. The number of hydrogen-bond acceptors (Lipinski definition) is 3. The molecule has 2 N–H and O–H groups in total. The minimum Gasteiger partial charge on any atom is -0.314 e. The quantitative estimate of drug-likeness (QED) is 0.752. The summed E-state index contributed by atoms with van der Waals surface area (Å²) in [6.45, 7) is 5.65. The Balaban J connectivity index is 1.89. The van der Waals surface area contributed by atoms with Gasteiger partial charge in [0.1, 0.15) is 5.15 Å². The summed E-state index contributed by atoms with van der Waals surface area (Å²) in [6, 6.07) is 0. The van der Waals surface area contributed by atoms with Crippen molar-refractivity contribution < 1.29 is 0 Å². The summed E-state index contributed by atoms with van der Waals surface area (Å²) >= 11 is 5.86. The number of piperazine rings is 1. The summed E-state index contributed by atoms with van der Waals surface area (Å²) in [5, 5.41) is 3.77. The largest absolute Gasteiger partial charge is 0.326 e. The highest BCUT2D eigenvalue weighted by atomic mass is 35.5. The Morgan fingerprint density at radius 3 is 2.67 bits per heavy atom. The number of H-pyrrole nitrogens is 1. The molecule has 0 amide bonds. The molecular weight excluding hydrogens is 216 g/mol. The summed E-state index contributed by atoms with van der Waals surface area (Å²) in [6.07, 6.45) is 1.53. The third kappa shape index (κ3) is 2.62. The Bertz CT molecular complexity index is 366. The number of halogens is 1. The van der Waals surface area contributed by atoms with E-state index in [1.54, 1.807) is 4.57 Å². The van der Waals surface area contributed by atoms with E-state index in [2.05, 4.69) is 15.2 Å². The first-order chi connectivity index (χ1) is 7.27. The first kappa shape index (κ1) is 10.7. The van der Waals surface area contributed by atoms with E-state index in [4.69, 9.17) is 11.6 Å². The molecule has 1 aromatic heterocycles. The number of aromatic amines is 1. The molecule has 1 aromatic rings. The van der Waals surface area contributed by atoms with Gasteiger partial charge in [-0.3, -0.25) is 9.47 Å². The fourth-order valence-electron chi connectivity index (χ4n) is 1.76. The summed E-state index contributed by atoms with van der Waals surface area (Å²) in [4.78, 5) is 16.2. The lowest BCUT2D eigenvalue weighted by atomic mass is 10.3. The molecule has 5 nitrogen and oxygen atoms in total. The van der Waals surface area contributed by atoms with E-state index < -0.39 is 0 Å². The van der Waals surface area contributed by atoms with Gasteiger partial charge < -0.3 is 10.3 Å². The number of aromatic nitrogens is 2. The van der Waals surface area contributed by atoms with Gasteiger partial charge in [0.15, 0.2) is 0 Å². The van der Waals surface area contributed by atoms with Crippen LogP contribution in [0, 0.1) is 0 Å². The molecule has 0 saturated carbocycles. The Labute approximate surface area is 93.0 Å². The van der Waals surface area contributed by atoms with Crippen molar-refractivity contribution in [2.45, 2.75) is 6.54 Å². The Morgan fingerprint density at radius 2 is 2.07 bits per heavy atom. The summed E-state index contributed by atoms with van der Waals surface area (Å²) in [5.74, 6) is 0. The van der Waals surface area contributed by atoms with Gasteiger partial charge in [-0.15, -0.1) is 0 Å². The van der Waals surface area contributed by atoms with Gasteiger partial charge in [-0.2, -0.15) is 0 Å². The molecule has 0 bridgehead atoms. The van der Waals surface area contributed by atoms with Crippen LogP contribution >= 0.6 is 11.6 Å². The predicted octanol–water partition coefficient (Wildman–Crippen LogP) is -0.265. The third-order valence-corrected chi connectivity index (χ3v) is 2.98. The molecule has 0 radical (unpaired) electrons. The zero-order valence-electron chi connectivity index (χ0n) is 8.50. The lowest BCUT2D eigenvalue weighted by Gasteiger charge is -2.27. The van der Waals surface area contributed by atoms with Crippen molar-refractivity contribution in [1.82, 2.24) is 19.8 Å². The SMILES string of the molecule is O=c1[nH]cc(Cl)n1CCN1CCNCC1. The van der Waals surface area contributed by atoms with Gasteiger partial charge in [0.05, 0.1) is 0 Å². The number of nitrogens with one attached hydrogen (secondary N) is 2. The van der Waals surface area contributed by atoms with E-state index in [1.807, 2.05) is 0 Å². The second-order valence-corrected chi connectivity index (χ2v) is 4.05. The molecule has 0 atom stereocenters. The molecule has 1 aliphatic rings. The fourth-order valence-corrected chi connectivity index (χ4v) is 1.97. The average Bonchev–Trinajstić information content (AvgIpc) is 2.58. The maximum Gasteiger partial charge on any atom is 0.326 e. The minimum atomic E-state index is -0.130. The molecule has 84 valence electrons. The van der Waals surface area contributed by atoms with E-state index in [0.29, 0.717) is 11.7 Å². The van der Waals surface area contributed by atoms with Crippen molar-refractivity contribution in [1.29, 1.82) is 0 Å². The van der Waals surface area contributed by atoms with Crippen molar-refractivity contribution in [3.63, 3.8) is 0 Å². The summed E-state index contributed by atoms with van der Waals surface area (Å²) in [7, 11) is 0. The molecule has 0 aliphatic carbocycles. The molecule has 0 spiro atoms. The number of imidazole rings is 1. The van der Waals surface area contributed by atoms with Crippen molar-refractivity contribution in [3.05, 3.63) is 21.8 Å². The van der Waals surface area contributed by atoms with E-state index in [-0.39, 0.29) is 5.69 Å². The monoisotopic (exact) mass is 230 g/mol. The van der Waals surface area contributed by atoms with Gasteiger partial charge in [0.25, 0.3) is 0 Å². The molecule has 2 heterocycles. The Kier molecular flexibility index (Phi) is 3.45. The number of rotatable bonds is 3. The van der Waals surface area contributed by atoms with Crippen LogP contribution in [0.3, 0.4) is 0 Å². The van der Waals surface area contributed by atoms with Gasteiger partial charge in [-0.1, -0.05) is 11.6 Å². The molecular formula is C9H15ClN4O. The minimum absolute atomic E-state index is 0.130. The Morgan fingerprint density at radius 1 is 1.33 bits per heavy atom. The normalized spacial score (nSPS) is 18.2. The smallest absolute Gasteiger partial charge is 0.314 e. The van der Waals surface area contributed by atoms with Gasteiger partial charge in [0, 0.05) is 45.5 Å². The topological polar surface area (TPSA) is 53.1 Å². The molecule has 0 aromatic carbocycles. The van der Waals surface area contributed by atoms with E-state index in [0.717, 1.165) is 32.7 Å². The van der Waals surface area contributed by atoms with Crippen LogP contribution in [0.2, 0.25) is 5.15 Å². The van der Waals surface area contributed by atoms with Gasteiger partial charge in [0.2, 0.25) is 0 Å². The summed E-state index contributed by atoms with van der Waals surface area (Å²) < 4.78 is 1.56. The standard InChI is InChI=1S/C9H15ClN4O/c10-8-7-12-9(15)14(8)6-5-13-3-1-11-2-4-13/h7,11H,1-6H2,(H,12,15). The third-order valence-electron chi connectivity index (χ3n) is 2.67. The predicted molar refractivity (Wildman–Crippen MR) is 59.4 cm³/mol. The van der Waals surface area contributed by atoms with Crippen LogP contribution in [-0.2, 0) is 6.54 Å². The molecule has 2 rings (SSSR count). The second-order valence-electron chi connectivity index (χ2n) is 3.66. The molecule has 1 fully saturated rings. The molecule has 1 saturated heterocycles.